The zero-order chi connectivity index (χ0) is 19.5. The lowest BCUT2D eigenvalue weighted by atomic mass is 9.92. The molecule has 1 atom stereocenters. The highest BCUT2D eigenvalue weighted by atomic mass is 16.5. The van der Waals surface area contributed by atoms with Crippen molar-refractivity contribution in [2.24, 2.45) is 0 Å². The molecule has 0 aliphatic rings. The lowest BCUT2D eigenvalue weighted by molar-refractivity contribution is 0.190. The first-order valence-electron chi connectivity index (χ1n) is 8.96. The van der Waals surface area contributed by atoms with Gasteiger partial charge in [0.2, 0.25) is 0 Å². The third-order valence-electron chi connectivity index (χ3n) is 4.65. The number of aryl methyl sites for hydroxylation is 1. The monoisotopic (exact) mass is 373 g/mol. The van der Waals surface area contributed by atoms with Gasteiger partial charge in [-0.25, -0.2) is 4.79 Å². The summed E-state index contributed by atoms with van der Waals surface area (Å²) in [5.41, 5.74) is 4.93. The van der Waals surface area contributed by atoms with Crippen LogP contribution in [-0.4, -0.2) is 21.3 Å². The minimum Gasteiger partial charge on any atom is -0.465 e. The second-order valence-electron chi connectivity index (χ2n) is 6.65. The van der Waals surface area contributed by atoms with Crippen molar-refractivity contribution in [3.8, 4) is 11.3 Å². The van der Waals surface area contributed by atoms with Gasteiger partial charge in [0.25, 0.3) is 0 Å². The van der Waals surface area contributed by atoms with Gasteiger partial charge in [0.05, 0.1) is 6.04 Å². The van der Waals surface area contributed by atoms with Gasteiger partial charge in [-0.15, -0.1) is 0 Å². The second kappa shape index (κ2) is 7.52. The fraction of sp³-hybridized carbons (Fsp3) is 0.136. The number of nitrogens with zero attached hydrogens (tertiary/aromatic N) is 2. The van der Waals surface area contributed by atoms with E-state index in [1.54, 1.807) is 6.20 Å². The van der Waals surface area contributed by atoms with Crippen LogP contribution in [0.25, 0.3) is 22.2 Å². The van der Waals surface area contributed by atoms with E-state index in [9.17, 15) is 9.90 Å². The normalized spacial score (nSPS) is 12.0. The van der Waals surface area contributed by atoms with Gasteiger partial charge in [-0.2, -0.15) is 0 Å². The van der Waals surface area contributed by atoms with E-state index in [1.807, 2.05) is 67.6 Å². The number of carboxylic acid groups (broad SMARTS) is 1. The summed E-state index contributed by atoms with van der Waals surface area (Å²) in [5, 5.41) is 17.2. The van der Waals surface area contributed by atoms with Crippen LogP contribution in [0, 0.1) is 6.92 Å². The molecular weight excluding hydrogens is 354 g/mol. The molecule has 6 nitrogen and oxygen atoms in total. The zero-order valence-electron chi connectivity index (χ0n) is 15.3. The Bertz CT molecular complexity index is 1120. The summed E-state index contributed by atoms with van der Waals surface area (Å²) in [7, 11) is 0. The summed E-state index contributed by atoms with van der Waals surface area (Å²) < 4.78 is 5.48. The topological polar surface area (TPSA) is 88.2 Å². The van der Waals surface area contributed by atoms with Crippen LogP contribution in [0.1, 0.15) is 22.9 Å². The quantitative estimate of drug-likeness (QED) is 0.527. The molecule has 2 heterocycles. The number of hydrogen-bond donors (Lipinski definition) is 2. The minimum atomic E-state index is -1.09. The van der Waals surface area contributed by atoms with E-state index in [0.717, 1.165) is 27.8 Å². The molecule has 0 aliphatic carbocycles. The van der Waals surface area contributed by atoms with Crippen LogP contribution in [0.5, 0.6) is 0 Å². The van der Waals surface area contributed by atoms with Gasteiger partial charge >= 0.3 is 6.09 Å². The van der Waals surface area contributed by atoms with Gasteiger partial charge in [0, 0.05) is 29.3 Å². The molecule has 0 radical (unpaired) electrons. The van der Waals surface area contributed by atoms with E-state index >= 15 is 0 Å². The van der Waals surface area contributed by atoms with E-state index < -0.39 is 12.1 Å². The van der Waals surface area contributed by atoms with Crippen molar-refractivity contribution >= 4 is 17.1 Å². The molecule has 0 bridgehead atoms. The molecule has 0 spiro atoms. The number of carbonyl (C=O) groups is 1. The van der Waals surface area contributed by atoms with Crippen LogP contribution in [0.3, 0.4) is 0 Å². The molecule has 2 N–H and O–H groups in total. The van der Waals surface area contributed by atoms with E-state index in [1.165, 1.54) is 0 Å². The van der Waals surface area contributed by atoms with Crippen LogP contribution < -0.4 is 5.32 Å². The molecule has 0 aliphatic heterocycles. The molecule has 2 aromatic heterocycles. The van der Waals surface area contributed by atoms with E-state index in [2.05, 4.69) is 15.5 Å². The molecule has 0 fully saturated rings. The minimum absolute atomic E-state index is 0.430. The van der Waals surface area contributed by atoms with Gasteiger partial charge in [0.15, 0.2) is 5.58 Å². The predicted octanol–water partition coefficient (Wildman–Crippen LogP) is 4.75. The smallest absolute Gasteiger partial charge is 0.405 e. The maximum atomic E-state index is 11.5. The summed E-state index contributed by atoms with van der Waals surface area (Å²) >= 11 is 0. The summed E-state index contributed by atoms with van der Waals surface area (Å²) in [5.74, 6) is 0. The Labute approximate surface area is 161 Å². The van der Waals surface area contributed by atoms with Gasteiger partial charge in [-0.1, -0.05) is 41.1 Å². The standard InChI is InChI=1S/C22H19N3O3/c1-14-9-10-16(19(24-22(26)27)13-15-6-4-5-11-23-15)18(12-14)21-17-7-2-3-8-20(17)28-25-21/h2-12,19,24H,13H2,1H3,(H,26,27)/t19-/m0/s1. The van der Waals surface area contributed by atoms with Gasteiger partial charge < -0.3 is 14.9 Å². The van der Waals surface area contributed by atoms with Crippen LogP contribution >= 0.6 is 0 Å². The molecule has 0 unspecified atom stereocenters. The average Bonchev–Trinajstić information content (AvgIpc) is 3.12. The van der Waals surface area contributed by atoms with Crippen molar-refractivity contribution in [1.82, 2.24) is 15.5 Å². The fourth-order valence-corrected chi connectivity index (χ4v) is 3.37. The Kier molecular flexibility index (Phi) is 4.76. The Morgan fingerprint density at radius 2 is 1.96 bits per heavy atom. The van der Waals surface area contributed by atoms with Crippen molar-refractivity contribution in [2.45, 2.75) is 19.4 Å². The highest BCUT2D eigenvalue weighted by molar-refractivity contribution is 5.92. The van der Waals surface area contributed by atoms with E-state index in [-0.39, 0.29) is 0 Å². The molecule has 6 heteroatoms. The molecule has 1 amide bonds. The second-order valence-corrected chi connectivity index (χ2v) is 6.65. The van der Waals surface area contributed by atoms with Crippen molar-refractivity contribution in [1.29, 1.82) is 0 Å². The number of fused-ring (bicyclic) bond motifs is 1. The van der Waals surface area contributed by atoms with Crippen molar-refractivity contribution in [2.75, 3.05) is 0 Å². The number of benzene rings is 2. The molecule has 4 rings (SSSR count). The predicted molar refractivity (Wildman–Crippen MR) is 106 cm³/mol. The third-order valence-corrected chi connectivity index (χ3v) is 4.65. The van der Waals surface area contributed by atoms with E-state index in [4.69, 9.17) is 4.52 Å². The fourth-order valence-electron chi connectivity index (χ4n) is 3.37. The van der Waals surface area contributed by atoms with Gasteiger partial charge in [0.1, 0.15) is 5.69 Å². The summed E-state index contributed by atoms with van der Waals surface area (Å²) in [6, 6.07) is 18.7. The number of rotatable bonds is 5. The Hall–Kier alpha value is -3.67. The van der Waals surface area contributed by atoms with Crippen molar-refractivity contribution in [3.63, 3.8) is 0 Å². The summed E-state index contributed by atoms with van der Waals surface area (Å²) in [4.78, 5) is 15.8. The number of aromatic nitrogens is 2. The SMILES string of the molecule is Cc1ccc([C@H](Cc2ccccn2)NC(=O)O)c(-c2noc3ccccc23)c1. The highest BCUT2D eigenvalue weighted by Crippen LogP contribution is 2.34. The summed E-state index contributed by atoms with van der Waals surface area (Å²) in [6.45, 7) is 1.99. The van der Waals surface area contributed by atoms with Crippen LogP contribution in [0.15, 0.2) is 71.4 Å². The van der Waals surface area contributed by atoms with Gasteiger partial charge in [-0.05, 0) is 42.8 Å². The van der Waals surface area contributed by atoms with Gasteiger partial charge in [-0.3, -0.25) is 4.98 Å². The Morgan fingerprint density at radius 1 is 1.14 bits per heavy atom. The lowest BCUT2D eigenvalue weighted by Crippen LogP contribution is -2.29. The maximum absolute atomic E-state index is 11.5. The van der Waals surface area contributed by atoms with Crippen LogP contribution in [0.2, 0.25) is 0 Å². The van der Waals surface area contributed by atoms with Crippen molar-refractivity contribution in [3.05, 3.63) is 83.7 Å². The molecular formula is C22H19N3O3. The average molecular weight is 373 g/mol. The Morgan fingerprint density at radius 3 is 2.75 bits per heavy atom. The number of pyridine rings is 1. The first kappa shape index (κ1) is 17.7. The van der Waals surface area contributed by atoms with Crippen LogP contribution in [0.4, 0.5) is 4.79 Å². The lowest BCUT2D eigenvalue weighted by Gasteiger charge is -2.20. The zero-order valence-corrected chi connectivity index (χ0v) is 15.3. The number of amides is 1. The molecule has 0 saturated carbocycles. The first-order valence-corrected chi connectivity index (χ1v) is 8.96. The van der Waals surface area contributed by atoms with E-state index in [0.29, 0.717) is 17.7 Å². The first-order chi connectivity index (χ1) is 13.6. The van der Waals surface area contributed by atoms with Crippen molar-refractivity contribution < 1.29 is 14.4 Å². The molecule has 0 saturated heterocycles. The largest absolute Gasteiger partial charge is 0.465 e. The maximum Gasteiger partial charge on any atom is 0.405 e. The molecule has 140 valence electrons. The number of hydrogen-bond acceptors (Lipinski definition) is 4. The highest BCUT2D eigenvalue weighted by Gasteiger charge is 2.22. The summed E-state index contributed by atoms with van der Waals surface area (Å²) in [6.07, 6.45) is 1.05. The number of para-hydroxylation sites is 1. The third kappa shape index (κ3) is 3.57. The van der Waals surface area contributed by atoms with Crippen LogP contribution in [-0.2, 0) is 6.42 Å². The Balaban J connectivity index is 1.84. The number of nitrogens with one attached hydrogen (secondary N) is 1. The molecule has 28 heavy (non-hydrogen) atoms. The molecule has 2 aromatic carbocycles. The molecule has 4 aromatic rings.